The number of hydrogen-bond acceptors (Lipinski definition) is 4. The maximum absolute atomic E-state index is 12.2. The van der Waals surface area contributed by atoms with Crippen LogP contribution in [0.3, 0.4) is 0 Å². The highest BCUT2D eigenvalue weighted by molar-refractivity contribution is 6.32. The SMILES string of the molecule is NC(=O)c1cccc(NC(=O)N[C@H]2CCOc3c(Cl)cccc32)n1. The molecular weight excluding hydrogens is 332 g/mol. The Balaban J connectivity index is 1.71. The molecule has 0 radical (unpaired) electrons. The van der Waals surface area contributed by atoms with Crippen molar-refractivity contribution >= 4 is 29.4 Å². The first kappa shape index (κ1) is 16.1. The Kier molecular flexibility index (Phi) is 4.52. The van der Waals surface area contributed by atoms with Crippen LogP contribution in [-0.2, 0) is 0 Å². The molecule has 1 atom stereocenters. The molecule has 2 aromatic rings. The van der Waals surface area contributed by atoms with Gasteiger partial charge in [-0.3, -0.25) is 10.1 Å². The predicted molar refractivity (Wildman–Crippen MR) is 89.2 cm³/mol. The van der Waals surface area contributed by atoms with Crippen molar-refractivity contribution in [1.82, 2.24) is 10.3 Å². The minimum absolute atomic E-state index is 0.0796. The summed E-state index contributed by atoms with van der Waals surface area (Å²) in [7, 11) is 0. The van der Waals surface area contributed by atoms with Crippen LogP contribution in [0.1, 0.15) is 28.5 Å². The van der Waals surface area contributed by atoms with E-state index >= 15 is 0 Å². The molecular formula is C16H15ClN4O3. The lowest BCUT2D eigenvalue weighted by Gasteiger charge is -2.27. The van der Waals surface area contributed by atoms with E-state index in [1.807, 2.05) is 6.07 Å². The number of ether oxygens (including phenoxy) is 1. The van der Waals surface area contributed by atoms with Gasteiger partial charge in [-0.1, -0.05) is 29.8 Å². The summed E-state index contributed by atoms with van der Waals surface area (Å²) < 4.78 is 5.56. The van der Waals surface area contributed by atoms with E-state index in [4.69, 9.17) is 22.1 Å². The minimum Gasteiger partial charge on any atom is -0.492 e. The average Bonchev–Trinajstić information content (AvgIpc) is 2.56. The fraction of sp³-hybridized carbons (Fsp3) is 0.188. The molecule has 0 spiro atoms. The standard InChI is InChI=1S/C16H15ClN4O3/c17-10-4-1-3-9-11(7-8-24-14(9)10)20-16(23)21-13-6-2-5-12(19-13)15(18)22/h1-6,11H,7-8H2,(H2,18,22)(H2,19,20,21,23)/t11-/m0/s1. The number of anilines is 1. The molecule has 3 amide bonds. The zero-order valence-electron chi connectivity index (χ0n) is 12.6. The number of fused-ring (bicyclic) bond motifs is 1. The van der Waals surface area contributed by atoms with Crippen molar-refractivity contribution in [3.8, 4) is 5.75 Å². The number of amides is 3. The molecule has 1 aliphatic heterocycles. The van der Waals surface area contributed by atoms with Crippen LogP contribution in [0, 0.1) is 0 Å². The van der Waals surface area contributed by atoms with E-state index in [9.17, 15) is 9.59 Å². The molecule has 24 heavy (non-hydrogen) atoms. The second kappa shape index (κ2) is 6.76. The first-order valence-electron chi connectivity index (χ1n) is 7.30. The van der Waals surface area contributed by atoms with E-state index in [1.54, 1.807) is 24.3 Å². The molecule has 3 rings (SSSR count). The Labute approximate surface area is 143 Å². The molecule has 0 saturated heterocycles. The van der Waals surface area contributed by atoms with Gasteiger partial charge in [0.05, 0.1) is 17.7 Å². The molecule has 1 aromatic heterocycles. The van der Waals surface area contributed by atoms with Crippen LogP contribution in [0.15, 0.2) is 36.4 Å². The predicted octanol–water partition coefficient (Wildman–Crippen LogP) is 2.48. The zero-order chi connectivity index (χ0) is 17.1. The molecule has 0 aliphatic carbocycles. The van der Waals surface area contributed by atoms with Crippen molar-refractivity contribution in [3.05, 3.63) is 52.7 Å². The van der Waals surface area contributed by atoms with Crippen molar-refractivity contribution in [2.75, 3.05) is 11.9 Å². The molecule has 0 unspecified atom stereocenters. The van der Waals surface area contributed by atoms with Gasteiger partial charge in [-0.2, -0.15) is 0 Å². The van der Waals surface area contributed by atoms with Crippen molar-refractivity contribution < 1.29 is 14.3 Å². The highest BCUT2D eigenvalue weighted by Crippen LogP contribution is 2.37. The topological polar surface area (TPSA) is 106 Å². The zero-order valence-corrected chi connectivity index (χ0v) is 13.3. The van der Waals surface area contributed by atoms with Gasteiger partial charge in [-0.25, -0.2) is 9.78 Å². The number of aromatic nitrogens is 1. The molecule has 1 aromatic carbocycles. The van der Waals surface area contributed by atoms with E-state index in [-0.39, 0.29) is 17.6 Å². The third-order valence-electron chi connectivity index (χ3n) is 3.57. The Morgan fingerprint density at radius 1 is 1.25 bits per heavy atom. The number of urea groups is 1. The van der Waals surface area contributed by atoms with Crippen LogP contribution in [0.5, 0.6) is 5.75 Å². The third kappa shape index (κ3) is 3.41. The maximum atomic E-state index is 12.2. The number of hydrogen-bond donors (Lipinski definition) is 3. The number of nitrogens with one attached hydrogen (secondary N) is 2. The van der Waals surface area contributed by atoms with Crippen LogP contribution in [0.4, 0.5) is 10.6 Å². The number of primary amides is 1. The summed E-state index contributed by atoms with van der Waals surface area (Å²) in [6.07, 6.45) is 0.621. The fourth-order valence-electron chi connectivity index (χ4n) is 2.49. The number of carbonyl (C=O) groups excluding carboxylic acids is 2. The van der Waals surface area contributed by atoms with Crippen LogP contribution in [-0.4, -0.2) is 23.5 Å². The summed E-state index contributed by atoms with van der Waals surface area (Å²) in [4.78, 5) is 27.3. The van der Waals surface area contributed by atoms with E-state index < -0.39 is 11.9 Å². The van der Waals surface area contributed by atoms with Gasteiger partial charge < -0.3 is 15.8 Å². The summed E-state index contributed by atoms with van der Waals surface area (Å²) >= 11 is 6.11. The molecule has 4 N–H and O–H groups in total. The van der Waals surface area contributed by atoms with Gasteiger partial charge >= 0.3 is 6.03 Å². The number of benzene rings is 1. The van der Waals surface area contributed by atoms with Crippen molar-refractivity contribution in [2.24, 2.45) is 5.73 Å². The highest BCUT2D eigenvalue weighted by Gasteiger charge is 2.24. The Morgan fingerprint density at radius 3 is 2.83 bits per heavy atom. The highest BCUT2D eigenvalue weighted by atomic mass is 35.5. The van der Waals surface area contributed by atoms with E-state index in [0.29, 0.717) is 23.8 Å². The van der Waals surface area contributed by atoms with E-state index in [1.165, 1.54) is 6.07 Å². The van der Waals surface area contributed by atoms with Gasteiger partial charge in [0.2, 0.25) is 0 Å². The largest absolute Gasteiger partial charge is 0.492 e. The molecule has 0 bridgehead atoms. The van der Waals surface area contributed by atoms with Gasteiger partial charge in [-0.15, -0.1) is 0 Å². The average molecular weight is 347 g/mol. The van der Waals surface area contributed by atoms with Crippen LogP contribution >= 0.6 is 11.6 Å². The van der Waals surface area contributed by atoms with Crippen LogP contribution < -0.4 is 21.1 Å². The van der Waals surface area contributed by atoms with Crippen LogP contribution in [0.2, 0.25) is 5.02 Å². The molecule has 124 valence electrons. The second-order valence-corrected chi connectivity index (χ2v) is 5.63. The summed E-state index contributed by atoms with van der Waals surface area (Å²) in [5.41, 5.74) is 6.08. The van der Waals surface area contributed by atoms with Crippen LogP contribution in [0.25, 0.3) is 0 Å². The molecule has 0 saturated carbocycles. The normalized spacial score (nSPS) is 15.8. The monoisotopic (exact) mass is 346 g/mol. The number of nitrogens with zero attached hydrogens (tertiary/aromatic N) is 1. The smallest absolute Gasteiger partial charge is 0.320 e. The van der Waals surface area contributed by atoms with E-state index in [2.05, 4.69) is 15.6 Å². The lowest BCUT2D eigenvalue weighted by molar-refractivity contribution is 0.0995. The Morgan fingerprint density at radius 2 is 2.04 bits per heavy atom. The lowest BCUT2D eigenvalue weighted by Crippen LogP contribution is -2.35. The number of halogens is 1. The summed E-state index contributed by atoms with van der Waals surface area (Å²) in [5.74, 6) is 0.166. The second-order valence-electron chi connectivity index (χ2n) is 5.22. The van der Waals surface area contributed by atoms with Gasteiger partial charge in [-0.05, 0) is 18.2 Å². The summed E-state index contributed by atoms with van der Waals surface area (Å²) in [5, 5.41) is 5.95. The molecule has 7 nitrogen and oxygen atoms in total. The number of carbonyl (C=O) groups is 2. The van der Waals surface area contributed by atoms with E-state index in [0.717, 1.165) is 5.56 Å². The van der Waals surface area contributed by atoms with Crippen molar-refractivity contribution in [3.63, 3.8) is 0 Å². The summed E-state index contributed by atoms with van der Waals surface area (Å²) in [6, 6.07) is 9.36. The van der Waals surface area contributed by atoms with Crippen molar-refractivity contribution in [1.29, 1.82) is 0 Å². The molecule has 2 heterocycles. The van der Waals surface area contributed by atoms with Gasteiger partial charge in [0.25, 0.3) is 5.91 Å². The fourth-order valence-corrected chi connectivity index (χ4v) is 2.73. The molecule has 1 aliphatic rings. The van der Waals surface area contributed by atoms with Gasteiger partial charge in [0.1, 0.15) is 17.3 Å². The quantitative estimate of drug-likeness (QED) is 0.793. The lowest BCUT2D eigenvalue weighted by atomic mass is 10.0. The maximum Gasteiger partial charge on any atom is 0.320 e. The number of nitrogens with two attached hydrogens (primary N) is 1. The molecule has 8 heteroatoms. The number of pyridine rings is 1. The first-order chi connectivity index (χ1) is 11.5. The number of para-hydroxylation sites is 1. The van der Waals surface area contributed by atoms with Crippen molar-refractivity contribution in [2.45, 2.75) is 12.5 Å². The molecule has 0 fully saturated rings. The third-order valence-corrected chi connectivity index (χ3v) is 3.87. The van der Waals surface area contributed by atoms with Gasteiger partial charge in [0.15, 0.2) is 0 Å². The Bertz CT molecular complexity index is 797. The Hall–Kier alpha value is -2.80. The van der Waals surface area contributed by atoms with Gasteiger partial charge in [0, 0.05) is 12.0 Å². The number of rotatable bonds is 3. The minimum atomic E-state index is -0.660. The summed E-state index contributed by atoms with van der Waals surface area (Å²) in [6.45, 7) is 0.455. The first-order valence-corrected chi connectivity index (χ1v) is 7.68.